The van der Waals surface area contributed by atoms with Gasteiger partial charge in [0.05, 0.1) is 17.0 Å². The molecule has 2 saturated heterocycles. The third-order valence-corrected chi connectivity index (χ3v) is 5.74. The molecular weight excluding hydrogens is 252 g/mol. The van der Waals surface area contributed by atoms with E-state index >= 15 is 0 Å². The van der Waals surface area contributed by atoms with Crippen molar-refractivity contribution in [3.8, 4) is 0 Å². The fourth-order valence-corrected chi connectivity index (χ4v) is 4.37. The normalized spacial score (nSPS) is 35.9. The summed E-state index contributed by atoms with van der Waals surface area (Å²) in [6.07, 6.45) is 4.37. The van der Waals surface area contributed by atoms with Crippen molar-refractivity contribution in [3.05, 3.63) is 0 Å². The Labute approximate surface area is 109 Å². The maximum Gasteiger partial charge on any atom is 0.240 e. The lowest BCUT2D eigenvalue weighted by Gasteiger charge is -2.35. The summed E-state index contributed by atoms with van der Waals surface area (Å²) in [5.41, 5.74) is -0.528. The third kappa shape index (κ3) is 3.23. The van der Waals surface area contributed by atoms with Gasteiger partial charge in [-0.1, -0.05) is 0 Å². The second-order valence-electron chi connectivity index (χ2n) is 5.64. The topological polar surface area (TPSA) is 75.3 Å². The molecule has 2 fully saturated rings. The quantitative estimate of drug-likeness (QED) is 0.755. The maximum atomic E-state index is 12.2. The summed E-state index contributed by atoms with van der Waals surface area (Å²) in [7, 11) is -2.96. The van der Waals surface area contributed by atoms with Crippen LogP contribution in [0.4, 0.5) is 0 Å². The third-order valence-electron chi connectivity index (χ3n) is 3.92. The average molecular weight is 274 g/mol. The molecule has 18 heavy (non-hydrogen) atoms. The van der Waals surface area contributed by atoms with E-state index < -0.39 is 15.4 Å². The standard InChI is InChI=1S/C12H22N2O3S/c1-12(6-2-3-7-13-12)11(15)14-10-5-4-8-18(16,17)9-10/h10,13H,2-9H2,1H3,(H,14,15). The Balaban J connectivity index is 1.94. The van der Waals surface area contributed by atoms with Crippen LogP contribution in [0.3, 0.4) is 0 Å². The van der Waals surface area contributed by atoms with E-state index in [1.54, 1.807) is 0 Å². The minimum atomic E-state index is -2.96. The molecule has 0 aromatic rings. The van der Waals surface area contributed by atoms with E-state index in [-0.39, 0.29) is 23.5 Å². The SMILES string of the molecule is CC1(C(=O)NC2CCCS(=O)(=O)C2)CCCCN1. The maximum absolute atomic E-state index is 12.2. The summed E-state index contributed by atoms with van der Waals surface area (Å²) >= 11 is 0. The van der Waals surface area contributed by atoms with E-state index in [9.17, 15) is 13.2 Å². The summed E-state index contributed by atoms with van der Waals surface area (Å²) < 4.78 is 23.1. The first-order chi connectivity index (χ1) is 8.41. The molecule has 2 heterocycles. The molecule has 2 atom stereocenters. The average Bonchev–Trinajstić information content (AvgIpc) is 2.28. The van der Waals surface area contributed by atoms with Gasteiger partial charge in [0.15, 0.2) is 9.84 Å². The lowest BCUT2D eigenvalue weighted by molar-refractivity contribution is -0.128. The molecule has 0 aromatic heterocycles. The van der Waals surface area contributed by atoms with Gasteiger partial charge in [0.25, 0.3) is 0 Å². The Kier molecular flexibility index (Phi) is 3.96. The van der Waals surface area contributed by atoms with E-state index in [1.165, 1.54) is 0 Å². The van der Waals surface area contributed by atoms with Gasteiger partial charge in [-0.15, -0.1) is 0 Å². The largest absolute Gasteiger partial charge is 0.351 e. The molecule has 6 heteroatoms. The van der Waals surface area contributed by atoms with Crippen LogP contribution in [0.25, 0.3) is 0 Å². The molecule has 0 spiro atoms. The molecule has 5 nitrogen and oxygen atoms in total. The Morgan fingerprint density at radius 1 is 1.33 bits per heavy atom. The number of rotatable bonds is 2. The highest BCUT2D eigenvalue weighted by atomic mass is 32.2. The van der Waals surface area contributed by atoms with Crippen LogP contribution < -0.4 is 10.6 Å². The number of carbonyl (C=O) groups excluding carboxylic acids is 1. The highest BCUT2D eigenvalue weighted by Crippen LogP contribution is 2.20. The highest BCUT2D eigenvalue weighted by Gasteiger charge is 2.36. The van der Waals surface area contributed by atoms with Crippen molar-refractivity contribution in [2.45, 2.75) is 50.6 Å². The van der Waals surface area contributed by atoms with Crippen LogP contribution in [0.15, 0.2) is 0 Å². The van der Waals surface area contributed by atoms with Crippen molar-refractivity contribution < 1.29 is 13.2 Å². The monoisotopic (exact) mass is 274 g/mol. The molecule has 0 radical (unpaired) electrons. The van der Waals surface area contributed by atoms with Crippen LogP contribution in [-0.2, 0) is 14.6 Å². The summed E-state index contributed by atoms with van der Waals surface area (Å²) in [5, 5.41) is 6.15. The molecule has 2 N–H and O–H groups in total. The van der Waals surface area contributed by atoms with Crippen molar-refractivity contribution >= 4 is 15.7 Å². The molecule has 1 amide bonds. The fourth-order valence-electron chi connectivity index (χ4n) is 2.73. The second kappa shape index (κ2) is 5.17. The van der Waals surface area contributed by atoms with E-state index in [2.05, 4.69) is 10.6 Å². The van der Waals surface area contributed by atoms with E-state index in [4.69, 9.17) is 0 Å². The Bertz CT molecular complexity index is 413. The first-order valence-corrected chi connectivity index (χ1v) is 8.50. The van der Waals surface area contributed by atoms with Crippen LogP contribution in [0.2, 0.25) is 0 Å². The van der Waals surface area contributed by atoms with Crippen LogP contribution in [0.5, 0.6) is 0 Å². The number of sulfone groups is 1. The molecule has 0 bridgehead atoms. The summed E-state index contributed by atoms with van der Waals surface area (Å²) in [5.74, 6) is 0.299. The van der Waals surface area contributed by atoms with Crippen molar-refractivity contribution in [2.75, 3.05) is 18.1 Å². The van der Waals surface area contributed by atoms with Crippen molar-refractivity contribution in [3.63, 3.8) is 0 Å². The molecule has 2 unspecified atom stereocenters. The Morgan fingerprint density at radius 2 is 2.11 bits per heavy atom. The fraction of sp³-hybridized carbons (Fsp3) is 0.917. The zero-order valence-electron chi connectivity index (χ0n) is 10.9. The Morgan fingerprint density at radius 3 is 2.72 bits per heavy atom. The van der Waals surface area contributed by atoms with Crippen LogP contribution >= 0.6 is 0 Å². The summed E-state index contributed by atoms with van der Waals surface area (Å²) in [6, 6.07) is -0.211. The van der Waals surface area contributed by atoms with E-state index in [0.717, 1.165) is 32.2 Å². The highest BCUT2D eigenvalue weighted by molar-refractivity contribution is 7.91. The molecule has 2 aliphatic rings. The van der Waals surface area contributed by atoms with E-state index in [0.29, 0.717) is 6.42 Å². The molecule has 0 aliphatic carbocycles. The number of carbonyl (C=O) groups is 1. The first kappa shape index (κ1) is 13.8. The molecule has 2 aliphatic heterocycles. The van der Waals surface area contributed by atoms with Crippen LogP contribution in [-0.4, -0.2) is 44.0 Å². The lowest BCUT2D eigenvalue weighted by atomic mass is 9.89. The predicted octanol–water partition coefficient (Wildman–Crippen LogP) is 0.212. The second-order valence-corrected chi connectivity index (χ2v) is 7.87. The van der Waals surface area contributed by atoms with Crippen LogP contribution in [0, 0.1) is 0 Å². The molecular formula is C12H22N2O3S. The lowest BCUT2D eigenvalue weighted by Crippen LogP contribution is -2.59. The number of piperidine rings is 1. The van der Waals surface area contributed by atoms with E-state index in [1.807, 2.05) is 6.92 Å². The Hall–Kier alpha value is -0.620. The van der Waals surface area contributed by atoms with Gasteiger partial charge in [-0.2, -0.15) is 0 Å². The van der Waals surface area contributed by atoms with Gasteiger partial charge in [-0.3, -0.25) is 4.79 Å². The molecule has 0 aromatic carbocycles. The van der Waals surface area contributed by atoms with Gasteiger partial charge in [-0.25, -0.2) is 8.42 Å². The van der Waals surface area contributed by atoms with Gasteiger partial charge in [0, 0.05) is 6.04 Å². The molecule has 104 valence electrons. The predicted molar refractivity (Wildman–Crippen MR) is 70.1 cm³/mol. The smallest absolute Gasteiger partial charge is 0.240 e. The number of hydrogen-bond acceptors (Lipinski definition) is 4. The minimum Gasteiger partial charge on any atom is -0.351 e. The van der Waals surface area contributed by atoms with Gasteiger partial charge >= 0.3 is 0 Å². The number of nitrogens with one attached hydrogen (secondary N) is 2. The molecule has 2 rings (SSSR count). The van der Waals surface area contributed by atoms with Gasteiger partial charge in [0.1, 0.15) is 0 Å². The number of amides is 1. The number of hydrogen-bond donors (Lipinski definition) is 2. The zero-order chi connectivity index (χ0) is 13.2. The van der Waals surface area contributed by atoms with Crippen molar-refractivity contribution in [1.82, 2.24) is 10.6 Å². The van der Waals surface area contributed by atoms with Gasteiger partial charge < -0.3 is 10.6 Å². The summed E-state index contributed by atoms with van der Waals surface area (Å²) in [4.78, 5) is 12.2. The summed E-state index contributed by atoms with van der Waals surface area (Å²) in [6.45, 7) is 2.76. The van der Waals surface area contributed by atoms with Crippen molar-refractivity contribution in [2.24, 2.45) is 0 Å². The van der Waals surface area contributed by atoms with Crippen molar-refractivity contribution in [1.29, 1.82) is 0 Å². The van der Waals surface area contributed by atoms with Crippen LogP contribution in [0.1, 0.15) is 39.0 Å². The zero-order valence-corrected chi connectivity index (χ0v) is 11.7. The minimum absolute atomic E-state index is 0.0516. The van der Waals surface area contributed by atoms with Gasteiger partial charge in [0.2, 0.25) is 5.91 Å². The van der Waals surface area contributed by atoms with Gasteiger partial charge in [-0.05, 0) is 45.6 Å². The first-order valence-electron chi connectivity index (χ1n) is 6.68. The molecule has 0 saturated carbocycles.